The Morgan fingerprint density at radius 2 is 1.13 bits per heavy atom. The van der Waals surface area contributed by atoms with Crippen LogP contribution in [0.1, 0.15) is 65.7 Å². The first-order valence-corrected chi connectivity index (χ1v) is 22.6. The van der Waals surface area contributed by atoms with Gasteiger partial charge in [-0.3, -0.25) is 0 Å². The van der Waals surface area contributed by atoms with E-state index in [1.165, 1.54) is 59.1 Å². The molecule has 139 valence electrons. The van der Waals surface area contributed by atoms with Gasteiger partial charge >= 0.3 is 138 Å². The molecule has 0 atom stereocenters. The minimum absolute atomic E-state index is 1.18. The van der Waals surface area contributed by atoms with Gasteiger partial charge in [0, 0.05) is 0 Å². The van der Waals surface area contributed by atoms with Crippen LogP contribution in [-0.2, 0) is 10.2 Å². The van der Waals surface area contributed by atoms with Crippen LogP contribution in [0.4, 0.5) is 0 Å². The third-order valence-corrected chi connectivity index (χ3v) is 35.4. The van der Waals surface area contributed by atoms with Crippen molar-refractivity contribution in [2.75, 3.05) is 0 Å². The molecule has 0 radical (unpaired) electrons. The van der Waals surface area contributed by atoms with Gasteiger partial charge < -0.3 is 0 Å². The zero-order valence-electron chi connectivity index (χ0n) is 17.8. The summed E-state index contributed by atoms with van der Waals surface area (Å²) in [5, 5.41) is 14.2. The Bertz CT molecular complexity index is 563. The molecular weight excluding hydrogens is 312 g/mol. The molecule has 0 aromatic rings. The van der Waals surface area contributed by atoms with Crippen LogP contribution in [0, 0.1) is 0 Å². The van der Waals surface area contributed by atoms with Gasteiger partial charge in [0.05, 0.1) is 0 Å². The molecule has 0 amide bonds. The molecule has 0 bridgehead atoms. The molecule has 0 heterocycles. The van der Waals surface area contributed by atoms with Crippen LogP contribution in [-0.4, -0.2) is 0 Å². The van der Waals surface area contributed by atoms with Crippen molar-refractivity contribution in [1.82, 2.24) is 0 Å². The second-order valence-corrected chi connectivity index (χ2v) is 60.9. The first-order chi connectivity index (χ1) is 10.0. The second-order valence-electron chi connectivity index (χ2n) is 17.5. The Hall–Kier alpha value is 0.194. The molecule has 1 aliphatic rings. The zero-order valence-corrected chi connectivity index (χ0v) is 19.4. The normalized spacial score (nSPS) is 24.5. The van der Waals surface area contributed by atoms with Crippen molar-refractivity contribution in [1.29, 1.82) is 0 Å². The van der Waals surface area contributed by atoms with Crippen molar-refractivity contribution in [3.63, 3.8) is 0 Å². The van der Waals surface area contributed by atoms with E-state index in [2.05, 4.69) is 65.1 Å². The van der Waals surface area contributed by atoms with Crippen LogP contribution in [0.5, 0.6) is 0 Å². The summed E-state index contributed by atoms with van der Waals surface area (Å²) in [6, 6.07) is 0. The molecule has 0 aromatic heterocycles. The van der Waals surface area contributed by atoms with Crippen LogP contribution >= 0.6 is 0 Å². The molecular formula is C22H47Ti. The van der Waals surface area contributed by atoms with Crippen molar-refractivity contribution in [3.8, 4) is 0 Å². The van der Waals surface area contributed by atoms with Crippen LogP contribution in [0.15, 0.2) is 22.1 Å². The minimum atomic E-state index is -4.76. The SMILES string of the molecule is CCC[CH2][Ti]([CH3])([CH3])([CH3])([CH3])([CH3])([CH2]CCC)([CH2]CCC)[C]1=CC=CC1. The molecule has 0 unspecified atom stereocenters. The van der Waals surface area contributed by atoms with Gasteiger partial charge in [-0.15, -0.1) is 0 Å². The molecule has 1 aliphatic carbocycles. The molecule has 1 rings (SSSR count). The molecule has 0 spiro atoms. The molecule has 0 aromatic carbocycles. The van der Waals surface area contributed by atoms with Gasteiger partial charge in [-0.05, 0) is 0 Å². The van der Waals surface area contributed by atoms with Gasteiger partial charge in [-0.25, -0.2) is 0 Å². The van der Waals surface area contributed by atoms with Crippen molar-refractivity contribution >= 4 is 0 Å². The third-order valence-electron chi connectivity index (χ3n) is 9.83. The van der Waals surface area contributed by atoms with Gasteiger partial charge in [0.25, 0.3) is 0 Å². The summed E-state index contributed by atoms with van der Waals surface area (Å²) in [6.45, 7) is 7.10. The van der Waals surface area contributed by atoms with E-state index >= 15 is 0 Å². The fraction of sp³-hybridized carbons (Fsp3) is 0.818. The molecule has 1 heteroatoms. The van der Waals surface area contributed by atoms with E-state index < -0.39 is 10.2 Å². The molecule has 0 fully saturated rings. The average molecular weight is 359 g/mol. The summed E-state index contributed by atoms with van der Waals surface area (Å²) in [5.41, 5.74) is 0. The molecule has 23 heavy (non-hydrogen) atoms. The van der Waals surface area contributed by atoms with Crippen molar-refractivity contribution < 1.29 is 10.2 Å². The van der Waals surface area contributed by atoms with Gasteiger partial charge in [-0.2, -0.15) is 0 Å². The van der Waals surface area contributed by atoms with Crippen molar-refractivity contribution in [3.05, 3.63) is 22.1 Å². The van der Waals surface area contributed by atoms with Gasteiger partial charge in [0.15, 0.2) is 0 Å². The van der Waals surface area contributed by atoms with Gasteiger partial charge in [0.2, 0.25) is 0 Å². The first kappa shape index (κ1) is 21.2. The number of hydrogen-bond donors (Lipinski definition) is 0. The quantitative estimate of drug-likeness (QED) is 0.341. The summed E-state index contributed by atoms with van der Waals surface area (Å²) >= 11 is 0. The molecule has 0 saturated carbocycles. The summed E-state index contributed by atoms with van der Waals surface area (Å²) in [5.74, 6) is 0. The maximum atomic E-state index is 2.83. The summed E-state index contributed by atoms with van der Waals surface area (Å²) < 4.78 is 5.98. The van der Waals surface area contributed by atoms with Crippen LogP contribution in [0.3, 0.4) is 0 Å². The summed E-state index contributed by atoms with van der Waals surface area (Å²) in [7, 11) is -4.76. The predicted molar refractivity (Wildman–Crippen MR) is 110 cm³/mol. The molecule has 0 N–H and O–H groups in total. The monoisotopic (exact) mass is 359 g/mol. The Labute approximate surface area is 138 Å². The molecule has 0 aliphatic heterocycles. The second kappa shape index (κ2) is 3.66. The Kier molecular flexibility index (Phi) is 3.38. The van der Waals surface area contributed by atoms with E-state index in [9.17, 15) is 0 Å². The van der Waals surface area contributed by atoms with Crippen LogP contribution in [0.25, 0.3) is 0 Å². The van der Waals surface area contributed by atoms with E-state index in [4.69, 9.17) is 0 Å². The third kappa shape index (κ3) is 3.20. The number of hydrogen-bond acceptors (Lipinski definition) is 0. The summed E-state index contributed by atoms with van der Waals surface area (Å²) in [4.78, 5) is 0. The number of unbranched alkanes of at least 4 members (excludes halogenated alkanes) is 3. The Morgan fingerprint density at radius 3 is 1.39 bits per heavy atom. The van der Waals surface area contributed by atoms with Crippen LogP contribution in [0.2, 0.25) is 40.3 Å². The van der Waals surface area contributed by atoms with E-state index in [0.29, 0.717) is 0 Å². The summed E-state index contributed by atoms with van der Waals surface area (Å²) in [6.07, 6.45) is 16.4. The first-order valence-electron chi connectivity index (χ1n) is 10.6. The topological polar surface area (TPSA) is 0 Å². The predicted octanol–water partition coefficient (Wildman–Crippen LogP) is 9.56. The van der Waals surface area contributed by atoms with E-state index in [1.54, 1.807) is 3.88 Å². The Morgan fingerprint density at radius 1 is 0.739 bits per heavy atom. The van der Waals surface area contributed by atoms with Crippen molar-refractivity contribution in [2.24, 2.45) is 0 Å². The Balaban J connectivity index is 3.96. The van der Waals surface area contributed by atoms with E-state index in [-0.39, 0.29) is 0 Å². The van der Waals surface area contributed by atoms with Crippen LogP contribution < -0.4 is 0 Å². The van der Waals surface area contributed by atoms with Gasteiger partial charge in [0.1, 0.15) is 0 Å². The van der Waals surface area contributed by atoms with Gasteiger partial charge in [-0.1, -0.05) is 0 Å². The number of allylic oxidation sites excluding steroid dienone is 4. The van der Waals surface area contributed by atoms with E-state index in [1.807, 2.05) is 0 Å². The molecule has 0 nitrogen and oxygen atoms in total. The molecule has 0 saturated heterocycles. The zero-order chi connectivity index (χ0) is 18.1. The number of rotatable bonds is 10. The standard InChI is InChI=1S/C5H5.3C4H9.5CH3.Ti/c1-2-4-5-3-1;3*1-3-4-2;;;;;;/h1-3H,4H2;3*1,3-4H2,2H3;5*1H3;. The fourth-order valence-electron chi connectivity index (χ4n) is 6.82. The van der Waals surface area contributed by atoms with E-state index in [0.717, 1.165) is 0 Å². The maximum absolute atomic E-state index is 4.76. The fourth-order valence-corrected chi connectivity index (χ4v) is 27.1. The average Bonchev–Trinajstić information content (AvgIpc) is 2.99. The van der Waals surface area contributed by atoms with Crippen molar-refractivity contribution in [2.45, 2.75) is 106 Å².